The van der Waals surface area contributed by atoms with E-state index in [1.54, 1.807) is 0 Å². The average molecular weight is 352 g/mol. The van der Waals surface area contributed by atoms with E-state index >= 15 is 0 Å². The third kappa shape index (κ3) is 3.75. The molecule has 26 heavy (non-hydrogen) atoms. The molecule has 2 heterocycles. The maximum absolute atomic E-state index is 9.89. The van der Waals surface area contributed by atoms with Crippen LogP contribution in [0.1, 0.15) is 37.1 Å². The van der Waals surface area contributed by atoms with Gasteiger partial charge in [-0.3, -0.25) is 4.98 Å². The summed E-state index contributed by atoms with van der Waals surface area (Å²) in [5.74, 6) is 0.983. The third-order valence-corrected chi connectivity index (χ3v) is 5.11. The SMILES string of the molecule is Cc1ccc(CCNc2ncc(C#N)c(N[C@@H]3C[C@H](O)C3(C)C)n2)cn1. The Morgan fingerprint density at radius 3 is 2.73 bits per heavy atom. The zero-order valence-electron chi connectivity index (χ0n) is 15.3. The molecule has 0 spiro atoms. The van der Waals surface area contributed by atoms with Crippen LogP contribution in [0, 0.1) is 23.7 Å². The Bertz CT molecular complexity index is 812. The fourth-order valence-corrected chi connectivity index (χ4v) is 2.94. The second-order valence-electron chi connectivity index (χ2n) is 7.32. The molecule has 0 aromatic carbocycles. The molecule has 2 aromatic rings. The maximum Gasteiger partial charge on any atom is 0.224 e. The maximum atomic E-state index is 9.89. The van der Waals surface area contributed by atoms with Gasteiger partial charge in [-0.15, -0.1) is 0 Å². The summed E-state index contributed by atoms with van der Waals surface area (Å²) >= 11 is 0. The van der Waals surface area contributed by atoms with Crippen molar-refractivity contribution in [2.45, 2.75) is 45.8 Å². The van der Waals surface area contributed by atoms with Crippen molar-refractivity contribution in [2.24, 2.45) is 5.41 Å². The normalized spacial score (nSPS) is 20.7. The van der Waals surface area contributed by atoms with Gasteiger partial charge in [0.1, 0.15) is 17.5 Å². The molecular weight excluding hydrogens is 328 g/mol. The van der Waals surface area contributed by atoms with Gasteiger partial charge in [-0.25, -0.2) is 4.98 Å². The van der Waals surface area contributed by atoms with Crippen molar-refractivity contribution in [1.29, 1.82) is 5.26 Å². The number of anilines is 2. The number of hydrogen-bond donors (Lipinski definition) is 3. The van der Waals surface area contributed by atoms with Crippen LogP contribution in [0.15, 0.2) is 24.5 Å². The molecular formula is C19H24N6O. The fraction of sp³-hybridized carbons (Fsp3) is 0.474. The molecule has 2 atom stereocenters. The van der Waals surface area contributed by atoms with Gasteiger partial charge in [0.2, 0.25) is 5.95 Å². The van der Waals surface area contributed by atoms with Crippen LogP contribution in [-0.4, -0.2) is 38.7 Å². The van der Waals surface area contributed by atoms with E-state index in [1.807, 2.05) is 33.0 Å². The van der Waals surface area contributed by atoms with Gasteiger partial charge in [-0.05, 0) is 31.4 Å². The lowest BCUT2D eigenvalue weighted by atomic mass is 9.64. The fourth-order valence-electron chi connectivity index (χ4n) is 2.94. The highest BCUT2D eigenvalue weighted by Gasteiger charge is 2.47. The molecule has 1 aliphatic carbocycles. The number of nitriles is 1. The van der Waals surface area contributed by atoms with Crippen molar-refractivity contribution < 1.29 is 5.11 Å². The zero-order valence-corrected chi connectivity index (χ0v) is 15.3. The molecule has 0 aliphatic heterocycles. The minimum Gasteiger partial charge on any atom is -0.392 e. The highest BCUT2D eigenvalue weighted by Crippen LogP contribution is 2.42. The molecule has 1 saturated carbocycles. The third-order valence-electron chi connectivity index (χ3n) is 5.11. The minimum absolute atomic E-state index is 0.0750. The number of nitrogens with one attached hydrogen (secondary N) is 2. The number of rotatable bonds is 6. The zero-order chi connectivity index (χ0) is 18.7. The summed E-state index contributed by atoms with van der Waals surface area (Å²) in [5.41, 5.74) is 2.29. The topological polar surface area (TPSA) is 107 Å². The van der Waals surface area contributed by atoms with E-state index in [-0.39, 0.29) is 17.6 Å². The van der Waals surface area contributed by atoms with Gasteiger partial charge in [-0.1, -0.05) is 19.9 Å². The van der Waals surface area contributed by atoms with Crippen molar-refractivity contribution in [3.05, 3.63) is 41.3 Å². The first kappa shape index (κ1) is 18.1. The molecule has 0 unspecified atom stereocenters. The van der Waals surface area contributed by atoms with E-state index in [4.69, 9.17) is 0 Å². The summed E-state index contributed by atoms with van der Waals surface area (Å²) < 4.78 is 0. The first-order chi connectivity index (χ1) is 12.4. The van der Waals surface area contributed by atoms with Gasteiger partial charge in [0, 0.05) is 29.9 Å². The molecule has 0 radical (unpaired) electrons. The Balaban J connectivity index is 1.63. The Kier molecular flexibility index (Phi) is 5.05. The van der Waals surface area contributed by atoms with Crippen LogP contribution >= 0.6 is 0 Å². The van der Waals surface area contributed by atoms with Crippen molar-refractivity contribution in [3.63, 3.8) is 0 Å². The van der Waals surface area contributed by atoms with E-state index in [9.17, 15) is 10.4 Å². The highest BCUT2D eigenvalue weighted by atomic mass is 16.3. The summed E-state index contributed by atoms with van der Waals surface area (Å²) in [5, 5.41) is 25.7. The van der Waals surface area contributed by atoms with Crippen LogP contribution < -0.4 is 10.6 Å². The van der Waals surface area contributed by atoms with E-state index in [2.05, 4.69) is 37.7 Å². The predicted molar refractivity (Wildman–Crippen MR) is 99.7 cm³/mol. The minimum atomic E-state index is -0.340. The number of hydrogen-bond acceptors (Lipinski definition) is 7. The largest absolute Gasteiger partial charge is 0.392 e. The Hall–Kier alpha value is -2.72. The number of aryl methyl sites for hydroxylation is 1. The predicted octanol–water partition coefficient (Wildman–Crippen LogP) is 2.28. The molecule has 7 heteroatoms. The highest BCUT2D eigenvalue weighted by molar-refractivity contribution is 5.54. The van der Waals surface area contributed by atoms with Crippen LogP contribution in [0.5, 0.6) is 0 Å². The molecule has 3 N–H and O–H groups in total. The Labute approximate surface area is 153 Å². The molecule has 0 bridgehead atoms. The van der Waals surface area contributed by atoms with E-state index in [0.717, 1.165) is 17.7 Å². The molecule has 1 fully saturated rings. The first-order valence-electron chi connectivity index (χ1n) is 8.77. The second-order valence-corrected chi connectivity index (χ2v) is 7.32. The standard InChI is InChI=1S/C19H24N6O/c1-12-4-5-13(10-22-12)6-7-21-18-23-11-14(9-20)17(25-18)24-15-8-16(26)19(15,2)3/h4-5,10-11,15-16,26H,6-8H2,1-3H3,(H2,21,23,24,25)/t15-,16+/m1/s1. The van der Waals surface area contributed by atoms with Crippen LogP contribution in [0.25, 0.3) is 0 Å². The quantitative estimate of drug-likeness (QED) is 0.732. The van der Waals surface area contributed by atoms with E-state index in [1.165, 1.54) is 6.20 Å². The molecule has 7 nitrogen and oxygen atoms in total. The summed E-state index contributed by atoms with van der Waals surface area (Å²) in [7, 11) is 0. The first-order valence-corrected chi connectivity index (χ1v) is 8.77. The van der Waals surface area contributed by atoms with Crippen LogP contribution in [0.2, 0.25) is 0 Å². The molecule has 3 rings (SSSR count). The molecule has 2 aromatic heterocycles. The van der Waals surface area contributed by atoms with Gasteiger partial charge < -0.3 is 15.7 Å². The molecule has 0 saturated heterocycles. The van der Waals surface area contributed by atoms with Gasteiger partial charge in [0.05, 0.1) is 12.3 Å². The van der Waals surface area contributed by atoms with Crippen molar-refractivity contribution >= 4 is 11.8 Å². The summed E-state index contributed by atoms with van der Waals surface area (Å²) in [4.78, 5) is 12.9. The Morgan fingerprint density at radius 2 is 2.12 bits per heavy atom. The summed E-state index contributed by atoms with van der Waals surface area (Å²) in [6.07, 6.45) is 4.50. The summed E-state index contributed by atoms with van der Waals surface area (Å²) in [6.45, 7) is 6.63. The number of aliphatic hydroxyl groups excluding tert-OH is 1. The van der Waals surface area contributed by atoms with Gasteiger partial charge in [0.25, 0.3) is 0 Å². The number of aromatic nitrogens is 3. The lowest BCUT2D eigenvalue weighted by Crippen LogP contribution is -2.57. The second kappa shape index (κ2) is 7.26. The van der Waals surface area contributed by atoms with E-state index in [0.29, 0.717) is 30.3 Å². The number of nitrogens with zero attached hydrogens (tertiary/aromatic N) is 4. The van der Waals surface area contributed by atoms with E-state index < -0.39 is 0 Å². The molecule has 0 amide bonds. The van der Waals surface area contributed by atoms with Gasteiger partial charge in [0.15, 0.2) is 0 Å². The van der Waals surface area contributed by atoms with Crippen molar-refractivity contribution in [3.8, 4) is 6.07 Å². The average Bonchev–Trinajstić information content (AvgIpc) is 2.63. The lowest BCUT2D eigenvalue weighted by Gasteiger charge is -2.49. The smallest absolute Gasteiger partial charge is 0.224 e. The Morgan fingerprint density at radius 1 is 1.31 bits per heavy atom. The number of aliphatic hydroxyl groups is 1. The molecule has 1 aliphatic rings. The number of pyridine rings is 1. The van der Waals surface area contributed by atoms with Crippen LogP contribution in [-0.2, 0) is 6.42 Å². The van der Waals surface area contributed by atoms with Crippen molar-refractivity contribution in [1.82, 2.24) is 15.0 Å². The van der Waals surface area contributed by atoms with Crippen molar-refractivity contribution in [2.75, 3.05) is 17.2 Å². The monoisotopic (exact) mass is 352 g/mol. The molecule has 136 valence electrons. The van der Waals surface area contributed by atoms with Gasteiger partial charge in [-0.2, -0.15) is 10.2 Å². The van der Waals surface area contributed by atoms with Gasteiger partial charge >= 0.3 is 0 Å². The van der Waals surface area contributed by atoms with Crippen LogP contribution in [0.3, 0.4) is 0 Å². The van der Waals surface area contributed by atoms with Crippen LogP contribution in [0.4, 0.5) is 11.8 Å². The summed E-state index contributed by atoms with van der Waals surface area (Å²) in [6, 6.07) is 6.24. The lowest BCUT2D eigenvalue weighted by molar-refractivity contribution is -0.0511.